The van der Waals surface area contributed by atoms with Gasteiger partial charge in [0.1, 0.15) is 0 Å². The van der Waals surface area contributed by atoms with Crippen LogP contribution < -0.4 is 11.2 Å². The summed E-state index contributed by atoms with van der Waals surface area (Å²) < 4.78 is 0. The van der Waals surface area contributed by atoms with E-state index in [1.165, 1.54) is 0 Å². The summed E-state index contributed by atoms with van der Waals surface area (Å²) >= 11 is 4.32. The SMILES string of the molecule is Cc1[nH]c(=O)[nH]c(=O)c1N=C=S. The minimum absolute atomic E-state index is 0.0876. The van der Waals surface area contributed by atoms with Gasteiger partial charge in [0.2, 0.25) is 0 Å². The third kappa shape index (κ3) is 1.55. The summed E-state index contributed by atoms with van der Waals surface area (Å²) in [7, 11) is 0. The molecule has 0 unspecified atom stereocenters. The second-order valence-electron chi connectivity index (χ2n) is 2.08. The summed E-state index contributed by atoms with van der Waals surface area (Å²) in [5.41, 5.74) is -0.653. The third-order valence-electron chi connectivity index (χ3n) is 1.26. The van der Waals surface area contributed by atoms with Crippen LogP contribution in [-0.2, 0) is 0 Å². The van der Waals surface area contributed by atoms with E-state index < -0.39 is 11.2 Å². The van der Waals surface area contributed by atoms with Gasteiger partial charge in [0.15, 0.2) is 5.69 Å². The van der Waals surface area contributed by atoms with Gasteiger partial charge in [0.05, 0.1) is 5.16 Å². The molecule has 0 spiro atoms. The molecular formula is C6H5N3O2S. The lowest BCUT2D eigenvalue weighted by Crippen LogP contribution is -2.22. The molecule has 2 N–H and O–H groups in total. The number of thiocarbonyl (C=S) groups is 1. The Morgan fingerprint density at radius 3 is 2.58 bits per heavy atom. The number of H-pyrrole nitrogens is 2. The molecule has 6 heteroatoms. The van der Waals surface area contributed by atoms with Crippen molar-refractivity contribution < 1.29 is 0 Å². The largest absolute Gasteiger partial charge is 0.326 e. The number of nitrogens with zero attached hydrogens (tertiary/aromatic N) is 1. The van der Waals surface area contributed by atoms with Gasteiger partial charge in [0.25, 0.3) is 5.56 Å². The lowest BCUT2D eigenvalue weighted by Gasteiger charge is -1.93. The Bertz CT molecular complexity index is 453. The van der Waals surface area contributed by atoms with Crippen LogP contribution >= 0.6 is 12.2 Å². The number of aromatic amines is 2. The van der Waals surface area contributed by atoms with Crippen molar-refractivity contribution in [2.45, 2.75) is 6.92 Å². The molecule has 1 aromatic heterocycles. The Balaban J connectivity index is 3.59. The number of aryl methyl sites for hydroxylation is 1. The molecule has 0 amide bonds. The third-order valence-corrected chi connectivity index (χ3v) is 1.35. The molecule has 1 heterocycles. The van der Waals surface area contributed by atoms with Crippen molar-refractivity contribution in [3.05, 3.63) is 26.5 Å². The summed E-state index contributed by atoms with van der Waals surface area (Å²) in [6.45, 7) is 1.56. The standard InChI is InChI=1S/C6H5N3O2S/c1-3-4(7-2-12)5(10)9-6(11)8-3/h1H3,(H2,8,9,10,11). The maximum atomic E-state index is 11.0. The fourth-order valence-electron chi connectivity index (χ4n) is 0.774. The van der Waals surface area contributed by atoms with Gasteiger partial charge in [-0.1, -0.05) is 0 Å². The maximum absolute atomic E-state index is 11.0. The molecule has 0 aliphatic heterocycles. The predicted molar refractivity (Wildman–Crippen MR) is 47.1 cm³/mol. The summed E-state index contributed by atoms with van der Waals surface area (Å²) in [4.78, 5) is 29.6. The van der Waals surface area contributed by atoms with Crippen molar-refractivity contribution in [3.63, 3.8) is 0 Å². The van der Waals surface area contributed by atoms with E-state index >= 15 is 0 Å². The van der Waals surface area contributed by atoms with E-state index in [0.29, 0.717) is 5.69 Å². The summed E-state index contributed by atoms with van der Waals surface area (Å²) in [5, 5.41) is 2.05. The summed E-state index contributed by atoms with van der Waals surface area (Å²) in [6, 6.07) is 0. The molecule has 62 valence electrons. The fraction of sp³-hybridized carbons (Fsp3) is 0.167. The van der Waals surface area contributed by atoms with Crippen LogP contribution in [0.3, 0.4) is 0 Å². The molecule has 0 saturated heterocycles. The highest BCUT2D eigenvalue weighted by Crippen LogP contribution is 2.04. The van der Waals surface area contributed by atoms with Crippen LogP contribution in [-0.4, -0.2) is 15.1 Å². The van der Waals surface area contributed by atoms with Gasteiger partial charge in [-0.05, 0) is 19.1 Å². The molecule has 0 aliphatic carbocycles. The minimum Gasteiger partial charge on any atom is -0.309 e. The molecule has 12 heavy (non-hydrogen) atoms. The first-order valence-corrected chi connectivity index (χ1v) is 3.47. The van der Waals surface area contributed by atoms with E-state index in [9.17, 15) is 9.59 Å². The average Bonchev–Trinajstić information content (AvgIpc) is 1.96. The molecule has 0 aliphatic rings. The van der Waals surface area contributed by atoms with Crippen LogP contribution in [0.1, 0.15) is 5.69 Å². The molecular weight excluding hydrogens is 178 g/mol. The number of aromatic nitrogens is 2. The zero-order chi connectivity index (χ0) is 9.14. The normalized spacial score (nSPS) is 9.08. The summed E-state index contributed by atoms with van der Waals surface area (Å²) in [6.07, 6.45) is 0. The number of hydrogen-bond donors (Lipinski definition) is 2. The first kappa shape index (κ1) is 8.58. The van der Waals surface area contributed by atoms with Gasteiger partial charge in [-0.2, -0.15) is 4.99 Å². The highest BCUT2D eigenvalue weighted by atomic mass is 32.1. The monoisotopic (exact) mass is 183 g/mol. The van der Waals surface area contributed by atoms with Crippen molar-refractivity contribution in [1.82, 2.24) is 9.97 Å². The fourth-order valence-corrected chi connectivity index (χ4v) is 0.865. The van der Waals surface area contributed by atoms with E-state index in [0.717, 1.165) is 0 Å². The van der Waals surface area contributed by atoms with Gasteiger partial charge < -0.3 is 4.98 Å². The lowest BCUT2D eigenvalue weighted by molar-refractivity contribution is 0.992. The second kappa shape index (κ2) is 3.25. The quantitative estimate of drug-likeness (QED) is 0.479. The predicted octanol–water partition coefficient (Wildman–Crippen LogP) is 0.106. The van der Waals surface area contributed by atoms with Gasteiger partial charge in [-0.25, -0.2) is 4.79 Å². The highest BCUT2D eigenvalue weighted by Gasteiger charge is 2.01. The number of isothiocyanates is 1. The van der Waals surface area contributed by atoms with E-state index in [2.05, 4.69) is 27.4 Å². The Morgan fingerprint density at radius 1 is 1.42 bits per heavy atom. The van der Waals surface area contributed by atoms with Crippen LogP contribution in [0.5, 0.6) is 0 Å². The smallest absolute Gasteiger partial charge is 0.309 e. The summed E-state index contributed by atoms with van der Waals surface area (Å²) in [5.74, 6) is 0. The zero-order valence-corrected chi connectivity index (χ0v) is 6.99. The van der Waals surface area contributed by atoms with Gasteiger partial charge in [-0.3, -0.25) is 9.78 Å². The first-order chi connectivity index (χ1) is 5.65. The average molecular weight is 183 g/mol. The molecule has 0 bridgehead atoms. The first-order valence-electron chi connectivity index (χ1n) is 3.06. The molecule has 0 atom stereocenters. The van der Waals surface area contributed by atoms with Crippen molar-refractivity contribution in [1.29, 1.82) is 0 Å². The minimum atomic E-state index is -0.561. The molecule has 0 radical (unpaired) electrons. The molecule has 1 rings (SSSR count). The van der Waals surface area contributed by atoms with Crippen LogP contribution in [0.25, 0.3) is 0 Å². The Hall–Kier alpha value is -1.52. The van der Waals surface area contributed by atoms with Crippen molar-refractivity contribution >= 4 is 23.1 Å². The van der Waals surface area contributed by atoms with Gasteiger partial charge in [0, 0.05) is 5.69 Å². The number of hydrogen-bond acceptors (Lipinski definition) is 4. The number of aliphatic imine (C=N–C) groups is 1. The topological polar surface area (TPSA) is 78.1 Å². The Kier molecular flexibility index (Phi) is 2.32. The second-order valence-corrected chi connectivity index (χ2v) is 2.27. The molecule has 1 aromatic rings. The van der Waals surface area contributed by atoms with Gasteiger partial charge in [-0.15, -0.1) is 0 Å². The van der Waals surface area contributed by atoms with Gasteiger partial charge >= 0.3 is 5.69 Å². The van der Waals surface area contributed by atoms with Crippen LogP contribution in [0.4, 0.5) is 5.69 Å². The zero-order valence-electron chi connectivity index (χ0n) is 6.17. The lowest BCUT2D eigenvalue weighted by atomic mass is 10.4. The van der Waals surface area contributed by atoms with E-state index in [4.69, 9.17) is 0 Å². The van der Waals surface area contributed by atoms with Crippen molar-refractivity contribution in [2.75, 3.05) is 0 Å². The molecule has 0 fully saturated rings. The Labute approximate surface area is 72.2 Å². The maximum Gasteiger partial charge on any atom is 0.326 e. The molecule has 0 aromatic carbocycles. The van der Waals surface area contributed by atoms with E-state index in [-0.39, 0.29) is 5.69 Å². The number of rotatable bonds is 1. The van der Waals surface area contributed by atoms with E-state index in [1.807, 2.05) is 4.98 Å². The van der Waals surface area contributed by atoms with Crippen molar-refractivity contribution in [3.8, 4) is 0 Å². The van der Waals surface area contributed by atoms with Crippen molar-refractivity contribution in [2.24, 2.45) is 4.99 Å². The van der Waals surface area contributed by atoms with Crippen LogP contribution in [0.2, 0.25) is 0 Å². The van der Waals surface area contributed by atoms with E-state index in [1.54, 1.807) is 6.92 Å². The Morgan fingerprint density at radius 2 is 2.08 bits per heavy atom. The molecule has 5 nitrogen and oxygen atoms in total. The highest BCUT2D eigenvalue weighted by molar-refractivity contribution is 7.78. The van der Waals surface area contributed by atoms with Crippen LogP contribution in [0.15, 0.2) is 14.6 Å². The van der Waals surface area contributed by atoms with Crippen LogP contribution in [0, 0.1) is 6.92 Å². The number of nitrogens with one attached hydrogen (secondary N) is 2. The molecule has 0 saturated carbocycles.